The van der Waals surface area contributed by atoms with E-state index in [4.69, 9.17) is 4.52 Å². The summed E-state index contributed by atoms with van der Waals surface area (Å²) in [5.41, 5.74) is 0.560. The zero-order valence-electron chi connectivity index (χ0n) is 18.7. The third-order valence-corrected chi connectivity index (χ3v) is 8.89. The number of carbonyl (C=O) groups is 1. The summed E-state index contributed by atoms with van der Waals surface area (Å²) in [4.78, 5) is 12.1. The maximum Gasteiger partial charge on any atom is 0.290 e. The van der Waals surface area contributed by atoms with Gasteiger partial charge in [-0.25, -0.2) is 17.2 Å². The highest BCUT2D eigenvalue weighted by molar-refractivity contribution is 7.92. The Morgan fingerprint density at radius 1 is 1.21 bits per heavy atom. The molecule has 1 aliphatic heterocycles. The number of hydrogen-bond donors (Lipinski definition) is 2. The Morgan fingerprint density at radius 3 is 2.62 bits per heavy atom. The Kier molecular flexibility index (Phi) is 6.81. The third kappa shape index (κ3) is 4.74. The van der Waals surface area contributed by atoms with Crippen LogP contribution in [0.4, 0.5) is 8.78 Å². The van der Waals surface area contributed by atoms with E-state index in [1.807, 2.05) is 0 Å². The molecule has 2 heterocycles. The van der Waals surface area contributed by atoms with E-state index in [0.717, 1.165) is 12.1 Å². The number of hydrogen-bond acceptors (Lipinski definition) is 6. The Labute approximate surface area is 196 Å². The van der Waals surface area contributed by atoms with E-state index in [1.165, 1.54) is 19.2 Å². The molecular weight excluding hydrogens is 464 g/mol. The summed E-state index contributed by atoms with van der Waals surface area (Å²) in [6.07, 6.45) is 1.12. The molecule has 180 valence electrons. The lowest BCUT2D eigenvalue weighted by atomic mass is 9.99. The van der Waals surface area contributed by atoms with Gasteiger partial charge in [0, 0.05) is 24.2 Å². The van der Waals surface area contributed by atoms with Gasteiger partial charge in [-0.3, -0.25) is 4.79 Å². The van der Waals surface area contributed by atoms with Crippen molar-refractivity contribution in [1.82, 2.24) is 15.8 Å². The Balaban J connectivity index is 1.56. The molecule has 3 aromatic rings. The lowest BCUT2D eigenvalue weighted by Gasteiger charge is -2.35. The molecule has 7 nitrogen and oxygen atoms in total. The van der Waals surface area contributed by atoms with E-state index in [9.17, 15) is 17.6 Å². The Morgan fingerprint density at radius 2 is 1.94 bits per heavy atom. The minimum Gasteiger partial charge on any atom is -0.351 e. The number of carbonyl (C=O) groups excluding carboxylic acids is 1. The lowest BCUT2D eigenvalue weighted by Crippen LogP contribution is -2.53. The molecule has 2 unspecified atom stereocenters. The normalized spacial score (nSPS) is 22.8. The van der Waals surface area contributed by atoms with Gasteiger partial charge in [0.25, 0.3) is 5.91 Å². The van der Waals surface area contributed by atoms with E-state index in [1.54, 1.807) is 37.3 Å². The van der Waals surface area contributed by atoms with Crippen molar-refractivity contribution in [2.75, 3.05) is 6.54 Å². The van der Waals surface area contributed by atoms with Gasteiger partial charge in [-0.05, 0) is 43.5 Å². The van der Waals surface area contributed by atoms with E-state index in [2.05, 4.69) is 15.8 Å². The minimum absolute atomic E-state index is 0.0362. The summed E-state index contributed by atoms with van der Waals surface area (Å²) < 4.78 is 61.6. The lowest BCUT2D eigenvalue weighted by molar-refractivity contribution is 0.0902. The summed E-state index contributed by atoms with van der Waals surface area (Å²) in [7, 11) is -3.69. The highest BCUT2D eigenvalue weighted by atomic mass is 32.2. The monoisotopic (exact) mass is 489 g/mol. The van der Waals surface area contributed by atoms with Crippen molar-refractivity contribution in [2.24, 2.45) is 0 Å². The average Bonchev–Trinajstić information content (AvgIpc) is 3.34. The first-order valence-corrected chi connectivity index (χ1v) is 12.5. The second-order valence-electron chi connectivity index (χ2n) is 8.46. The van der Waals surface area contributed by atoms with Gasteiger partial charge in [0.15, 0.2) is 9.84 Å². The minimum atomic E-state index is -3.69. The summed E-state index contributed by atoms with van der Waals surface area (Å²) in [5, 5.41) is 7.46. The van der Waals surface area contributed by atoms with Gasteiger partial charge in [-0.2, -0.15) is 0 Å². The highest BCUT2D eigenvalue weighted by Gasteiger charge is 2.42. The molecule has 34 heavy (non-hydrogen) atoms. The van der Waals surface area contributed by atoms with E-state index in [-0.39, 0.29) is 29.9 Å². The van der Waals surface area contributed by atoms with Crippen LogP contribution in [0.3, 0.4) is 0 Å². The van der Waals surface area contributed by atoms with Crippen LogP contribution in [0.2, 0.25) is 0 Å². The smallest absolute Gasteiger partial charge is 0.290 e. The van der Waals surface area contributed by atoms with Crippen LogP contribution in [0.25, 0.3) is 0 Å². The van der Waals surface area contributed by atoms with Crippen molar-refractivity contribution in [3.63, 3.8) is 0 Å². The zero-order valence-corrected chi connectivity index (χ0v) is 19.5. The molecule has 1 amide bonds. The largest absolute Gasteiger partial charge is 0.351 e. The van der Waals surface area contributed by atoms with Crippen molar-refractivity contribution in [2.45, 2.75) is 42.9 Å². The molecule has 2 aromatic carbocycles. The van der Waals surface area contributed by atoms with Crippen molar-refractivity contribution in [3.8, 4) is 0 Å². The maximum atomic E-state index is 15.0. The molecule has 1 aliphatic rings. The zero-order chi connectivity index (χ0) is 24.5. The first-order chi connectivity index (χ1) is 16.2. The molecule has 0 spiro atoms. The molecule has 4 atom stereocenters. The van der Waals surface area contributed by atoms with Gasteiger partial charge in [-0.1, -0.05) is 35.5 Å². The first kappa shape index (κ1) is 24.0. The SMILES string of the molecule is CC(NC(=O)c1ccno1)c1cc(F)c(CC2[C@H](C)NC[C@@H](c3ccccc3)S2(=O)=O)cc1F. The number of benzene rings is 2. The maximum absolute atomic E-state index is 15.0. The number of rotatable bonds is 6. The standard InChI is InChI=1S/C24H25F2N3O4S/c1-14(29-24(30)21-8-9-28-33-21)18-12-19(25)17(10-20(18)26)11-22-15(2)27-13-23(34(22,31)32)16-6-4-3-5-7-16/h3-10,12,14-15,22-23,27H,11,13H2,1-2H3,(H,29,30)/t14?,15-,22?,23-/m0/s1. The highest BCUT2D eigenvalue weighted by Crippen LogP contribution is 2.33. The molecule has 1 aromatic heterocycles. The van der Waals surface area contributed by atoms with Gasteiger partial charge in [0.05, 0.1) is 22.7 Å². The topological polar surface area (TPSA) is 101 Å². The average molecular weight is 490 g/mol. The molecule has 0 saturated carbocycles. The third-order valence-electron chi connectivity index (χ3n) is 6.24. The van der Waals surface area contributed by atoms with Gasteiger partial charge >= 0.3 is 0 Å². The quantitative estimate of drug-likeness (QED) is 0.550. The Hall–Kier alpha value is -3.11. The van der Waals surface area contributed by atoms with Crippen LogP contribution >= 0.6 is 0 Å². The fourth-order valence-corrected chi connectivity index (χ4v) is 6.66. The predicted octanol–water partition coefficient (Wildman–Crippen LogP) is 3.50. The number of sulfone groups is 1. The summed E-state index contributed by atoms with van der Waals surface area (Å²) >= 11 is 0. The van der Waals surface area contributed by atoms with Crippen LogP contribution in [0.5, 0.6) is 0 Å². The molecule has 1 saturated heterocycles. The Bertz CT molecular complexity index is 1270. The van der Waals surface area contributed by atoms with Crippen LogP contribution in [-0.4, -0.2) is 37.3 Å². The molecule has 2 N–H and O–H groups in total. The molecule has 4 rings (SSSR count). The van der Waals surface area contributed by atoms with Gasteiger partial charge < -0.3 is 15.2 Å². The van der Waals surface area contributed by atoms with Crippen molar-refractivity contribution in [3.05, 3.63) is 88.8 Å². The molecule has 0 aliphatic carbocycles. The second-order valence-corrected chi connectivity index (χ2v) is 10.8. The molecule has 0 bridgehead atoms. The predicted molar refractivity (Wildman–Crippen MR) is 122 cm³/mol. The molecular formula is C24H25F2N3O4S. The summed E-state index contributed by atoms with van der Waals surface area (Å²) in [6.45, 7) is 3.49. The van der Waals surface area contributed by atoms with Crippen LogP contribution in [0.1, 0.15) is 52.4 Å². The van der Waals surface area contributed by atoms with E-state index in [0.29, 0.717) is 5.56 Å². The van der Waals surface area contributed by atoms with Crippen LogP contribution in [-0.2, 0) is 16.3 Å². The van der Waals surface area contributed by atoms with Crippen LogP contribution < -0.4 is 10.6 Å². The van der Waals surface area contributed by atoms with Crippen LogP contribution in [0, 0.1) is 11.6 Å². The summed E-state index contributed by atoms with van der Waals surface area (Å²) in [5.74, 6) is -2.15. The van der Waals surface area contributed by atoms with Gasteiger partial charge in [-0.15, -0.1) is 0 Å². The molecule has 1 fully saturated rings. The number of amides is 1. The van der Waals surface area contributed by atoms with Crippen molar-refractivity contribution in [1.29, 1.82) is 0 Å². The number of halogens is 2. The van der Waals surface area contributed by atoms with Gasteiger partial charge in [0.2, 0.25) is 5.76 Å². The number of aromatic nitrogens is 1. The molecule has 10 heteroatoms. The number of nitrogens with one attached hydrogen (secondary N) is 2. The fraction of sp³-hybridized carbons (Fsp3) is 0.333. The van der Waals surface area contributed by atoms with Crippen LogP contribution in [0.15, 0.2) is 59.3 Å². The van der Waals surface area contributed by atoms with Crippen molar-refractivity contribution < 1.29 is 26.5 Å². The summed E-state index contributed by atoms with van der Waals surface area (Å²) in [6, 6.07) is 10.9. The van der Waals surface area contributed by atoms with Crippen molar-refractivity contribution >= 4 is 15.7 Å². The fourth-order valence-electron chi connectivity index (χ4n) is 4.29. The number of nitrogens with zero attached hydrogens (tertiary/aromatic N) is 1. The first-order valence-electron chi connectivity index (χ1n) is 10.9. The second kappa shape index (κ2) is 9.63. The van der Waals surface area contributed by atoms with E-state index < -0.39 is 50.0 Å². The van der Waals surface area contributed by atoms with Gasteiger partial charge in [0.1, 0.15) is 11.6 Å². The van der Waals surface area contributed by atoms with E-state index >= 15 is 4.39 Å². The molecule has 0 radical (unpaired) electrons.